The van der Waals surface area contributed by atoms with Gasteiger partial charge >= 0.3 is 11.9 Å². The lowest BCUT2D eigenvalue weighted by molar-refractivity contribution is -0.141. The number of hydrogen-bond donors (Lipinski definition) is 2. The lowest BCUT2D eigenvalue weighted by atomic mass is 10.1. The SMILES string of the molecule is O=C(O)c1ccc(=O)n([C@H](Cc2ccccn2)C(=O)O)c1. The van der Waals surface area contributed by atoms with E-state index in [2.05, 4.69) is 4.98 Å². The molecule has 0 saturated heterocycles. The van der Waals surface area contributed by atoms with E-state index in [1.807, 2.05) is 0 Å². The third kappa shape index (κ3) is 3.33. The maximum Gasteiger partial charge on any atom is 0.337 e. The number of carboxylic acids is 2. The summed E-state index contributed by atoms with van der Waals surface area (Å²) in [7, 11) is 0. The summed E-state index contributed by atoms with van der Waals surface area (Å²) in [6.45, 7) is 0. The smallest absolute Gasteiger partial charge is 0.337 e. The van der Waals surface area contributed by atoms with Crippen molar-refractivity contribution in [3.05, 3.63) is 64.3 Å². The molecule has 0 saturated carbocycles. The van der Waals surface area contributed by atoms with Crippen molar-refractivity contribution in [2.75, 3.05) is 0 Å². The van der Waals surface area contributed by atoms with Crippen molar-refractivity contribution in [2.45, 2.75) is 12.5 Å². The van der Waals surface area contributed by atoms with Gasteiger partial charge in [-0.15, -0.1) is 0 Å². The van der Waals surface area contributed by atoms with Crippen LogP contribution >= 0.6 is 0 Å². The highest BCUT2D eigenvalue weighted by Crippen LogP contribution is 2.12. The second-order valence-electron chi connectivity index (χ2n) is 4.35. The molecule has 7 heteroatoms. The molecule has 0 unspecified atom stereocenters. The summed E-state index contributed by atoms with van der Waals surface area (Å²) in [5, 5.41) is 18.2. The Morgan fingerprint density at radius 3 is 2.52 bits per heavy atom. The molecule has 2 aromatic heterocycles. The van der Waals surface area contributed by atoms with Gasteiger partial charge in [0.1, 0.15) is 6.04 Å². The first-order valence-corrected chi connectivity index (χ1v) is 6.07. The summed E-state index contributed by atoms with van der Waals surface area (Å²) >= 11 is 0. The Bertz CT molecular complexity index is 724. The monoisotopic (exact) mass is 288 g/mol. The van der Waals surface area contributed by atoms with Crippen molar-refractivity contribution in [1.82, 2.24) is 9.55 Å². The zero-order valence-electron chi connectivity index (χ0n) is 10.8. The van der Waals surface area contributed by atoms with Gasteiger partial charge in [-0.25, -0.2) is 9.59 Å². The Hall–Kier alpha value is -2.96. The second kappa shape index (κ2) is 6.00. The molecule has 0 bridgehead atoms. The second-order valence-corrected chi connectivity index (χ2v) is 4.35. The minimum absolute atomic E-state index is 0.0147. The number of nitrogens with zero attached hydrogens (tertiary/aromatic N) is 2. The lowest BCUT2D eigenvalue weighted by Gasteiger charge is -2.15. The van der Waals surface area contributed by atoms with E-state index in [0.717, 1.165) is 22.9 Å². The van der Waals surface area contributed by atoms with Crippen molar-refractivity contribution in [2.24, 2.45) is 0 Å². The van der Waals surface area contributed by atoms with Crippen LogP contribution in [0.3, 0.4) is 0 Å². The van der Waals surface area contributed by atoms with E-state index >= 15 is 0 Å². The van der Waals surface area contributed by atoms with Crippen LogP contribution < -0.4 is 5.56 Å². The predicted octanol–water partition coefficient (Wildman–Crippen LogP) is 0.810. The zero-order valence-corrected chi connectivity index (χ0v) is 10.8. The van der Waals surface area contributed by atoms with Gasteiger partial charge in [-0.1, -0.05) is 6.07 Å². The molecule has 0 fully saturated rings. The Labute approximate surface area is 119 Å². The first-order valence-electron chi connectivity index (χ1n) is 6.07. The Morgan fingerprint density at radius 2 is 1.95 bits per heavy atom. The normalized spacial score (nSPS) is 11.8. The van der Waals surface area contributed by atoms with Crippen LogP contribution in [-0.2, 0) is 11.2 Å². The average molecular weight is 288 g/mol. The van der Waals surface area contributed by atoms with Crippen molar-refractivity contribution < 1.29 is 19.8 Å². The third-order valence-electron chi connectivity index (χ3n) is 2.93. The first kappa shape index (κ1) is 14.4. The Morgan fingerprint density at radius 1 is 1.19 bits per heavy atom. The van der Waals surface area contributed by atoms with E-state index in [0.29, 0.717) is 5.69 Å². The molecule has 0 spiro atoms. The maximum absolute atomic E-state index is 11.8. The molecule has 0 aliphatic rings. The number of carboxylic acid groups (broad SMARTS) is 2. The molecule has 0 amide bonds. The van der Waals surface area contributed by atoms with Crippen LogP contribution in [-0.4, -0.2) is 31.7 Å². The summed E-state index contributed by atoms with van der Waals surface area (Å²) in [6, 6.07) is 6.00. The summed E-state index contributed by atoms with van der Waals surface area (Å²) in [5.41, 5.74) is -0.234. The molecular weight excluding hydrogens is 276 g/mol. The molecule has 2 N–H and O–H groups in total. The fourth-order valence-corrected chi connectivity index (χ4v) is 1.90. The molecule has 0 aliphatic heterocycles. The van der Waals surface area contributed by atoms with E-state index < -0.39 is 23.5 Å². The quantitative estimate of drug-likeness (QED) is 0.842. The number of pyridine rings is 2. The van der Waals surface area contributed by atoms with E-state index in [1.54, 1.807) is 18.2 Å². The highest BCUT2D eigenvalue weighted by molar-refractivity contribution is 5.87. The fourth-order valence-electron chi connectivity index (χ4n) is 1.90. The standard InChI is InChI=1S/C14H12N2O5/c17-12-5-4-9(13(18)19)8-16(12)11(14(20)21)7-10-3-1-2-6-15-10/h1-6,8,11H,7H2,(H,18,19)(H,20,21)/t11-/m1/s1. The van der Waals surface area contributed by atoms with Crippen LogP contribution in [0.15, 0.2) is 47.5 Å². The number of aromatic carboxylic acids is 1. The third-order valence-corrected chi connectivity index (χ3v) is 2.93. The van der Waals surface area contributed by atoms with Crippen LogP contribution in [0.2, 0.25) is 0 Å². The molecule has 2 rings (SSSR count). The zero-order chi connectivity index (χ0) is 15.4. The van der Waals surface area contributed by atoms with Crippen LogP contribution in [0, 0.1) is 0 Å². The Kier molecular flexibility index (Phi) is 4.13. The van der Waals surface area contributed by atoms with E-state index in [-0.39, 0.29) is 12.0 Å². The average Bonchev–Trinajstić information content (AvgIpc) is 2.46. The molecule has 0 aromatic carbocycles. The van der Waals surface area contributed by atoms with Crippen molar-refractivity contribution in [1.29, 1.82) is 0 Å². The van der Waals surface area contributed by atoms with Gasteiger partial charge in [-0.05, 0) is 18.2 Å². The number of carbonyl (C=O) groups is 2. The van der Waals surface area contributed by atoms with E-state index in [9.17, 15) is 19.5 Å². The molecule has 2 aromatic rings. The van der Waals surface area contributed by atoms with Gasteiger partial charge in [0.25, 0.3) is 5.56 Å². The number of aliphatic carboxylic acids is 1. The molecular formula is C14H12N2O5. The van der Waals surface area contributed by atoms with Crippen LogP contribution in [0.5, 0.6) is 0 Å². The van der Waals surface area contributed by atoms with Crippen molar-refractivity contribution in [3.8, 4) is 0 Å². The van der Waals surface area contributed by atoms with E-state index in [4.69, 9.17) is 5.11 Å². The van der Waals surface area contributed by atoms with Gasteiger partial charge in [0.15, 0.2) is 0 Å². The number of aromatic nitrogens is 2. The molecule has 0 radical (unpaired) electrons. The number of hydrogen-bond acceptors (Lipinski definition) is 4. The molecule has 108 valence electrons. The van der Waals surface area contributed by atoms with Gasteiger partial charge in [-0.2, -0.15) is 0 Å². The van der Waals surface area contributed by atoms with Crippen LogP contribution in [0.1, 0.15) is 22.1 Å². The molecule has 1 atom stereocenters. The van der Waals surface area contributed by atoms with Crippen molar-refractivity contribution >= 4 is 11.9 Å². The van der Waals surface area contributed by atoms with Gasteiger partial charge in [0.2, 0.25) is 0 Å². The fraction of sp³-hybridized carbons (Fsp3) is 0.143. The minimum atomic E-state index is -1.23. The summed E-state index contributed by atoms with van der Waals surface area (Å²) < 4.78 is 0.903. The topological polar surface area (TPSA) is 109 Å². The van der Waals surface area contributed by atoms with Gasteiger partial charge in [0.05, 0.1) is 5.56 Å². The first-order chi connectivity index (χ1) is 9.99. The van der Waals surface area contributed by atoms with Gasteiger partial charge in [0, 0.05) is 30.6 Å². The Balaban J connectivity index is 2.43. The minimum Gasteiger partial charge on any atom is -0.480 e. The summed E-state index contributed by atoms with van der Waals surface area (Å²) in [4.78, 5) is 38.2. The van der Waals surface area contributed by atoms with Crippen LogP contribution in [0.25, 0.3) is 0 Å². The van der Waals surface area contributed by atoms with Gasteiger partial charge < -0.3 is 10.2 Å². The van der Waals surface area contributed by atoms with Gasteiger partial charge in [-0.3, -0.25) is 14.3 Å². The highest BCUT2D eigenvalue weighted by atomic mass is 16.4. The van der Waals surface area contributed by atoms with E-state index in [1.165, 1.54) is 6.20 Å². The highest BCUT2D eigenvalue weighted by Gasteiger charge is 2.22. The molecule has 2 heterocycles. The summed E-state index contributed by atoms with van der Waals surface area (Å²) in [6.07, 6.45) is 2.54. The van der Waals surface area contributed by atoms with Crippen molar-refractivity contribution in [3.63, 3.8) is 0 Å². The maximum atomic E-state index is 11.8. The lowest BCUT2D eigenvalue weighted by Crippen LogP contribution is -2.31. The van der Waals surface area contributed by atoms with Crippen LogP contribution in [0.4, 0.5) is 0 Å². The number of rotatable bonds is 5. The molecule has 21 heavy (non-hydrogen) atoms. The summed E-state index contributed by atoms with van der Waals surface area (Å²) in [5.74, 6) is -2.46. The molecule has 0 aliphatic carbocycles. The predicted molar refractivity (Wildman–Crippen MR) is 72.3 cm³/mol. The molecule has 7 nitrogen and oxygen atoms in total. The largest absolute Gasteiger partial charge is 0.480 e.